The molecule has 3 heteroatoms. The van der Waals surface area contributed by atoms with Crippen molar-refractivity contribution in [2.75, 3.05) is 13.1 Å². The topological polar surface area (TPSA) is 44.1 Å². The number of carbonyl (C=O) groups excluding carboxylic acids is 1. The third kappa shape index (κ3) is 2.63. The summed E-state index contributed by atoms with van der Waals surface area (Å²) in [6.45, 7) is 5.07. The number of benzene rings is 1. The van der Waals surface area contributed by atoms with Gasteiger partial charge in [-0.25, -0.2) is 0 Å². The smallest absolute Gasteiger partial charge is 0.242 e. The summed E-state index contributed by atoms with van der Waals surface area (Å²) >= 11 is 0. The number of nitrogens with zero attached hydrogens (tertiary/aromatic N) is 2. The zero-order valence-corrected chi connectivity index (χ0v) is 11.6. The summed E-state index contributed by atoms with van der Waals surface area (Å²) in [5.74, 6) is -0.0229. The summed E-state index contributed by atoms with van der Waals surface area (Å²) in [6.07, 6.45) is 2.33. The summed E-state index contributed by atoms with van der Waals surface area (Å²) in [7, 11) is 0. The standard InChI is InChI=1S/C16H20N2O/c1-3-16(2,12-17)15(19)18-10-8-13-6-4-5-7-14(13)9-11-18/h4-7H,3,8-11H2,1-2H3. The Bertz CT molecular complexity index is 491. The van der Waals surface area contributed by atoms with Gasteiger partial charge in [-0.3, -0.25) is 4.79 Å². The average molecular weight is 256 g/mol. The lowest BCUT2D eigenvalue weighted by molar-refractivity contribution is -0.138. The zero-order chi connectivity index (χ0) is 13.9. The van der Waals surface area contributed by atoms with Crippen molar-refractivity contribution in [3.63, 3.8) is 0 Å². The van der Waals surface area contributed by atoms with Gasteiger partial charge in [-0.2, -0.15) is 5.26 Å². The third-order valence-corrected chi connectivity index (χ3v) is 4.13. The molecule has 1 aromatic carbocycles. The lowest BCUT2D eigenvalue weighted by Gasteiger charge is -2.28. The van der Waals surface area contributed by atoms with Crippen molar-refractivity contribution in [1.82, 2.24) is 4.90 Å². The van der Waals surface area contributed by atoms with Crippen LogP contribution in [-0.2, 0) is 17.6 Å². The van der Waals surface area contributed by atoms with E-state index in [1.807, 2.05) is 24.0 Å². The van der Waals surface area contributed by atoms with Gasteiger partial charge in [-0.05, 0) is 37.3 Å². The summed E-state index contributed by atoms with van der Waals surface area (Å²) < 4.78 is 0. The fourth-order valence-corrected chi connectivity index (χ4v) is 2.50. The molecule has 0 saturated heterocycles. The number of hydrogen-bond donors (Lipinski definition) is 0. The number of nitriles is 1. The Morgan fingerprint density at radius 1 is 1.32 bits per heavy atom. The summed E-state index contributed by atoms with van der Waals surface area (Å²) in [6, 6.07) is 10.5. The first kappa shape index (κ1) is 13.6. The summed E-state index contributed by atoms with van der Waals surface area (Å²) in [5.41, 5.74) is 1.78. The first-order chi connectivity index (χ1) is 9.10. The molecule has 0 spiro atoms. The zero-order valence-electron chi connectivity index (χ0n) is 11.6. The highest BCUT2D eigenvalue weighted by molar-refractivity contribution is 5.85. The number of carbonyl (C=O) groups is 1. The highest BCUT2D eigenvalue weighted by Crippen LogP contribution is 2.25. The molecule has 1 aliphatic heterocycles. The molecule has 1 heterocycles. The predicted molar refractivity (Wildman–Crippen MR) is 74.4 cm³/mol. The van der Waals surface area contributed by atoms with Crippen LogP contribution in [0.4, 0.5) is 0 Å². The van der Waals surface area contributed by atoms with E-state index in [-0.39, 0.29) is 5.91 Å². The van der Waals surface area contributed by atoms with Crippen LogP contribution in [0.2, 0.25) is 0 Å². The van der Waals surface area contributed by atoms with E-state index in [9.17, 15) is 10.1 Å². The maximum absolute atomic E-state index is 12.5. The maximum atomic E-state index is 12.5. The van der Waals surface area contributed by atoms with Gasteiger partial charge in [0.1, 0.15) is 5.41 Å². The molecule has 0 bridgehead atoms. The van der Waals surface area contributed by atoms with Crippen LogP contribution in [0.1, 0.15) is 31.4 Å². The van der Waals surface area contributed by atoms with Crippen molar-refractivity contribution in [2.24, 2.45) is 5.41 Å². The Labute approximate surface area is 114 Å². The molecule has 19 heavy (non-hydrogen) atoms. The molecule has 0 N–H and O–H groups in total. The quantitative estimate of drug-likeness (QED) is 0.816. The highest BCUT2D eigenvalue weighted by atomic mass is 16.2. The molecular weight excluding hydrogens is 236 g/mol. The summed E-state index contributed by atoms with van der Waals surface area (Å²) in [4.78, 5) is 14.3. The van der Waals surface area contributed by atoms with E-state index in [0.717, 1.165) is 12.8 Å². The van der Waals surface area contributed by atoms with E-state index >= 15 is 0 Å². The van der Waals surface area contributed by atoms with Crippen molar-refractivity contribution in [3.8, 4) is 6.07 Å². The van der Waals surface area contributed by atoms with Gasteiger partial charge in [-0.1, -0.05) is 31.2 Å². The molecule has 100 valence electrons. The second kappa shape index (κ2) is 5.44. The van der Waals surface area contributed by atoms with E-state index in [0.29, 0.717) is 19.5 Å². The van der Waals surface area contributed by atoms with Gasteiger partial charge >= 0.3 is 0 Å². The molecule has 3 nitrogen and oxygen atoms in total. The monoisotopic (exact) mass is 256 g/mol. The second-order valence-corrected chi connectivity index (χ2v) is 5.36. The van der Waals surface area contributed by atoms with Crippen LogP contribution in [0.3, 0.4) is 0 Å². The molecule has 1 aromatic rings. The molecule has 1 aliphatic rings. The fraction of sp³-hybridized carbons (Fsp3) is 0.500. The van der Waals surface area contributed by atoms with Gasteiger partial charge in [0, 0.05) is 13.1 Å². The molecule has 0 radical (unpaired) electrons. The summed E-state index contributed by atoms with van der Waals surface area (Å²) in [5, 5.41) is 9.23. The van der Waals surface area contributed by atoms with Crippen molar-refractivity contribution < 1.29 is 4.79 Å². The van der Waals surface area contributed by atoms with E-state index in [1.165, 1.54) is 11.1 Å². The molecule has 0 aromatic heterocycles. The van der Waals surface area contributed by atoms with Crippen LogP contribution in [0.5, 0.6) is 0 Å². The van der Waals surface area contributed by atoms with Crippen LogP contribution < -0.4 is 0 Å². The first-order valence-corrected chi connectivity index (χ1v) is 6.88. The van der Waals surface area contributed by atoms with Gasteiger partial charge in [0.25, 0.3) is 0 Å². The van der Waals surface area contributed by atoms with Crippen molar-refractivity contribution in [3.05, 3.63) is 35.4 Å². The first-order valence-electron chi connectivity index (χ1n) is 6.88. The van der Waals surface area contributed by atoms with E-state index in [4.69, 9.17) is 0 Å². The minimum atomic E-state index is -0.878. The van der Waals surface area contributed by atoms with Crippen LogP contribution in [-0.4, -0.2) is 23.9 Å². The van der Waals surface area contributed by atoms with Crippen LogP contribution in [0.25, 0.3) is 0 Å². The molecule has 1 unspecified atom stereocenters. The lowest BCUT2D eigenvalue weighted by atomic mass is 9.87. The highest BCUT2D eigenvalue weighted by Gasteiger charge is 2.35. The number of hydrogen-bond acceptors (Lipinski definition) is 2. The molecule has 0 fully saturated rings. The molecule has 1 atom stereocenters. The Balaban J connectivity index is 2.15. The second-order valence-electron chi connectivity index (χ2n) is 5.36. The van der Waals surface area contributed by atoms with E-state index < -0.39 is 5.41 Å². The Kier molecular flexibility index (Phi) is 3.90. The molecular formula is C16H20N2O. The van der Waals surface area contributed by atoms with Gasteiger partial charge < -0.3 is 4.90 Å². The van der Waals surface area contributed by atoms with Gasteiger partial charge in [0.05, 0.1) is 6.07 Å². The lowest BCUT2D eigenvalue weighted by Crippen LogP contribution is -2.42. The van der Waals surface area contributed by atoms with E-state index in [1.54, 1.807) is 6.92 Å². The van der Waals surface area contributed by atoms with Crippen molar-refractivity contribution >= 4 is 5.91 Å². The normalized spacial score (nSPS) is 17.8. The Morgan fingerprint density at radius 3 is 2.26 bits per heavy atom. The number of fused-ring (bicyclic) bond motifs is 1. The van der Waals surface area contributed by atoms with Crippen LogP contribution in [0.15, 0.2) is 24.3 Å². The van der Waals surface area contributed by atoms with Gasteiger partial charge in [0.2, 0.25) is 5.91 Å². The third-order valence-electron chi connectivity index (χ3n) is 4.13. The molecule has 0 aliphatic carbocycles. The number of amides is 1. The van der Waals surface area contributed by atoms with Crippen LogP contribution in [0, 0.1) is 16.7 Å². The van der Waals surface area contributed by atoms with Gasteiger partial charge in [0.15, 0.2) is 0 Å². The molecule has 1 amide bonds. The molecule has 0 saturated carbocycles. The van der Waals surface area contributed by atoms with Crippen LogP contribution >= 0.6 is 0 Å². The van der Waals surface area contributed by atoms with Crippen molar-refractivity contribution in [1.29, 1.82) is 5.26 Å². The maximum Gasteiger partial charge on any atom is 0.242 e. The Morgan fingerprint density at radius 2 is 1.84 bits per heavy atom. The number of rotatable bonds is 2. The van der Waals surface area contributed by atoms with Crippen molar-refractivity contribution in [2.45, 2.75) is 33.1 Å². The largest absolute Gasteiger partial charge is 0.341 e. The van der Waals surface area contributed by atoms with E-state index in [2.05, 4.69) is 18.2 Å². The van der Waals surface area contributed by atoms with Gasteiger partial charge in [-0.15, -0.1) is 0 Å². The predicted octanol–water partition coefficient (Wildman–Crippen LogP) is 2.55. The fourth-order valence-electron chi connectivity index (χ4n) is 2.50. The Hall–Kier alpha value is -1.82. The SMILES string of the molecule is CCC(C)(C#N)C(=O)N1CCc2ccccc2CC1. The minimum absolute atomic E-state index is 0.0229. The minimum Gasteiger partial charge on any atom is -0.341 e. The average Bonchev–Trinajstić information content (AvgIpc) is 2.68. The molecule has 2 rings (SSSR count).